The molecule has 0 saturated carbocycles. The smallest absolute Gasteiger partial charge is 0.0747 e. The lowest BCUT2D eigenvalue weighted by Gasteiger charge is -2.30. The molecule has 0 bridgehead atoms. The second-order valence-corrected chi connectivity index (χ2v) is 6.06. The van der Waals surface area contributed by atoms with Crippen molar-refractivity contribution in [2.24, 2.45) is 5.92 Å². The highest BCUT2D eigenvalue weighted by molar-refractivity contribution is 4.79. The second kappa shape index (κ2) is 12.9. The summed E-state index contributed by atoms with van der Waals surface area (Å²) in [4.78, 5) is 0. The van der Waals surface area contributed by atoms with Crippen molar-refractivity contribution in [3.8, 4) is 0 Å². The molecule has 0 aromatic carbocycles. The normalized spacial score (nSPS) is 14.8. The van der Waals surface area contributed by atoms with E-state index in [0.29, 0.717) is 18.1 Å². The van der Waals surface area contributed by atoms with E-state index >= 15 is 0 Å². The second-order valence-electron chi connectivity index (χ2n) is 6.06. The van der Waals surface area contributed by atoms with Crippen molar-refractivity contribution in [2.45, 2.75) is 91.2 Å². The Hall–Kier alpha value is -0.0800. The van der Waals surface area contributed by atoms with Crippen LogP contribution in [-0.4, -0.2) is 25.8 Å². The molecule has 0 heterocycles. The average molecular weight is 271 g/mol. The SMILES string of the molecule is CCCCCCCCC(NCCC)C(OC)C(C)C. The third-order valence-electron chi connectivity index (χ3n) is 3.85. The van der Waals surface area contributed by atoms with Crippen molar-refractivity contribution in [1.82, 2.24) is 5.32 Å². The highest BCUT2D eigenvalue weighted by atomic mass is 16.5. The number of methoxy groups -OCH3 is 1. The van der Waals surface area contributed by atoms with Gasteiger partial charge in [-0.3, -0.25) is 0 Å². The van der Waals surface area contributed by atoms with Crippen molar-refractivity contribution in [3.05, 3.63) is 0 Å². The van der Waals surface area contributed by atoms with Crippen LogP contribution in [0.2, 0.25) is 0 Å². The third kappa shape index (κ3) is 9.45. The fourth-order valence-electron chi connectivity index (χ4n) is 2.76. The van der Waals surface area contributed by atoms with Crippen LogP contribution in [0.15, 0.2) is 0 Å². The fourth-order valence-corrected chi connectivity index (χ4v) is 2.76. The molecule has 0 aromatic rings. The highest BCUT2D eigenvalue weighted by Crippen LogP contribution is 2.17. The minimum absolute atomic E-state index is 0.349. The molecule has 0 aromatic heterocycles. The molecular weight excluding hydrogens is 234 g/mol. The van der Waals surface area contributed by atoms with Crippen LogP contribution in [0.5, 0.6) is 0 Å². The molecular formula is C17H37NO. The Kier molecular flexibility index (Phi) is 12.9. The van der Waals surface area contributed by atoms with Gasteiger partial charge in [-0.1, -0.05) is 66.2 Å². The van der Waals surface area contributed by atoms with Gasteiger partial charge in [0.15, 0.2) is 0 Å². The quantitative estimate of drug-likeness (QED) is 0.487. The van der Waals surface area contributed by atoms with E-state index in [1.54, 1.807) is 0 Å². The lowest BCUT2D eigenvalue weighted by molar-refractivity contribution is 0.0300. The van der Waals surface area contributed by atoms with E-state index in [0.717, 1.165) is 6.54 Å². The molecule has 116 valence electrons. The first-order valence-corrected chi connectivity index (χ1v) is 8.43. The summed E-state index contributed by atoms with van der Waals surface area (Å²) in [6, 6.07) is 0.524. The summed E-state index contributed by atoms with van der Waals surface area (Å²) in [6.07, 6.45) is 11.0. The van der Waals surface area contributed by atoms with Gasteiger partial charge in [-0.05, 0) is 25.3 Å². The standard InChI is InChI=1S/C17H37NO/c1-6-8-9-10-11-12-13-16(18-14-7-2)17(19-5)15(3)4/h15-18H,6-14H2,1-5H3. The van der Waals surface area contributed by atoms with E-state index < -0.39 is 0 Å². The van der Waals surface area contributed by atoms with Gasteiger partial charge in [0, 0.05) is 13.2 Å². The molecule has 0 rings (SSSR count). The van der Waals surface area contributed by atoms with Gasteiger partial charge in [0.2, 0.25) is 0 Å². The first-order valence-electron chi connectivity index (χ1n) is 8.43. The maximum absolute atomic E-state index is 5.70. The molecule has 19 heavy (non-hydrogen) atoms. The van der Waals surface area contributed by atoms with E-state index in [1.165, 1.54) is 51.4 Å². The number of hydrogen-bond donors (Lipinski definition) is 1. The molecule has 2 nitrogen and oxygen atoms in total. The van der Waals surface area contributed by atoms with Gasteiger partial charge >= 0.3 is 0 Å². The summed E-state index contributed by atoms with van der Waals surface area (Å²) in [5, 5.41) is 3.68. The zero-order chi connectivity index (χ0) is 14.5. The average Bonchev–Trinajstić information content (AvgIpc) is 2.39. The predicted octanol–water partition coefficient (Wildman–Crippen LogP) is 4.78. The number of unbranched alkanes of at least 4 members (excludes halogenated alkanes) is 5. The van der Waals surface area contributed by atoms with Crippen molar-refractivity contribution < 1.29 is 4.74 Å². The molecule has 0 saturated heterocycles. The minimum Gasteiger partial charge on any atom is -0.380 e. The summed E-state index contributed by atoms with van der Waals surface area (Å²) in [6.45, 7) is 10.1. The maximum Gasteiger partial charge on any atom is 0.0747 e. The van der Waals surface area contributed by atoms with Gasteiger partial charge < -0.3 is 10.1 Å². The summed E-state index contributed by atoms with van der Waals surface area (Å²) >= 11 is 0. The zero-order valence-corrected chi connectivity index (χ0v) is 14.0. The van der Waals surface area contributed by atoms with Crippen LogP contribution in [0.1, 0.15) is 79.1 Å². The molecule has 2 unspecified atom stereocenters. The van der Waals surface area contributed by atoms with Gasteiger partial charge in [0.1, 0.15) is 0 Å². The molecule has 2 atom stereocenters. The molecule has 2 heteroatoms. The van der Waals surface area contributed by atoms with Gasteiger partial charge in [-0.2, -0.15) is 0 Å². The van der Waals surface area contributed by atoms with Crippen molar-refractivity contribution in [1.29, 1.82) is 0 Å². The largest absolute Gasteiger partial charge is 0.380 e. The van der Waals surface area contributed by atoms with Crippen LogP contribution >= 0.6 is 0 Å². The predicted molar refractivity (Wildman–Crippen MR) is 85.7 cm³/mol. The van der Waals surface area contributed by atoms with Crippen LogP contribution in [0, 0.1) is 5.92 Å². The maximum atomic E-state index is 5.70. The molecule has 0 radical (unpaired) electrons. The van der Waals surface area contributed by atoms with Crippen LogP contribution in [-0.2, 0) is 4.74 Å². The molecule has 0 fully saturated rings. The van der Waals surface area contributed by atoms with E-state index in [-0.39, 0.29) is 0 Å². The Labute approximate surface area is 121 Å². The number of rotatable bonds is 13. The van der Waals surface area contributed by atoms with Crippen molar-refractivity contribution in [3.63, 3.8) is 0 Å². The minimum atomic E-state index is 0.349. The van der Waals surface area contributed by atoms with Crippen LogP contribution < -0.4 is 5.32 Å². The van der Waals surface area contributed by atoms with Gasteiger partial charge in [-0.25, -0.2) is 0 Å². The number of nitrogens with one attached hydrogen (secondary N) is 1. The van der Waals surface area contributed by atoms with Crippen molar-refractivity contribution in [2.75, 3.05) is 13.7 Å². The van der Waals surface area contributed by atoms with Crippen molar-refractivity contribution >= 4 is 0 Å². The zero-order valence-electron chi connectivity index (χ0n) is 14.0. The monoisotopic (exact) mass is 271 g/mol. The molecule has 0 aliphatic rings. The Morgan fingerprint density at radius 3 is 2.05 bits per heavy atom. The summed E-state index contributed by atoms with van der Waals surface area (Å²) < 4.78 is 5.70. The Balaban J connectivity index is 3.97. The fraction of sp³-hybridized carbons (Fsp3) is 1.00. The topological polar surface area (TPSA) is 21.3 Å². The lowest BCUT2D eigenvalue weighted by Crippen LogP contribution is -2.44. The lowest BCUT2D eigenvalue weighted by atomic mass is 9.94. The summed E-state index contributed by atoms with van der Waals surface area (Å²) in [5.74, 6) is 0.583. The van der Waals surface area contributed by atoms with Gasteiger partial charge in [-0.15, -0.1) is 0 Å². The van der Waals surface area contributed by atoms with Crippen LogP contribution in [0.25, 0.3) is 0 Å². The Morgan fingerprint density at radius 2 is 1.53 bits per heavy atom. The molecule has 1 N–H and O–H groups in total. The van der Waals surface area contributed by atoms with E-state index in [1.807, 2.05) is 7.11 Å². The van der Waals surface area contributed by atoms with Crippen LogP contribution in [0.4, 0.5) is 0 Å². The van der Waals surface area contributed by atoms with E-state index in [2.05, 4.69) is 33.0 Å². The van der Waals surface area contributed by atoms with Gasteiger partial charge in [0.05, 0.1) is 6.10 Å². The molecule has 0 amide bonds. The summed E-state index contributed by atoms with van der Waals surface area (Å²) in [7, 11) is 1.85. The Bertz CT molecular complexity index is 182. The van der Waals surface area contributed by atoms with E-state index in [9.17, 15) is 0 Å². The first kappa shape index (κ1) is 18.9. The van der Waals surface area contributed by atoms with Crippen LogP contribution in [0.3, 0.4) is 0 Å². The number of hydrogen-bond acceptors (Lipinski definition) is 2. The Morgan fingerprint density at radius 1 is 0.895 bits per heavy atom. The van der Waals surface area contributed by atoms with Gasteiger partial charge in [0.25, 0.3) is 0 Å². The van der Waals surface area contributed by atoms with E-state index in [4.69, 9.17) is 4.74 Å². The molecule has 0 spiro atoms. The first-order chi connectivity index (χ1) is 9.17. The number of ether oxygens (including phenoxy) is 1. The summed E-state index contributed by atoms with van der Waals surface area (Å²) in [5.41, 5.74) is 0. The third-order valence-corrected chi connectivity index (χ3v) is 3.85. The molecule has 0 aliphatic heterocycles. The highest BCUT2D eigenvalue weighted by Gasteiger charge is 2.23. The molecule has 0 aliphatic carbocycles.